The molecule has 0 saturated carbocycles. The Kier molecular flexibility index (Phi) is 8.18. The highest BCUT2D eigenvalue weighted by molar-refractivity contribution is 7.88. The van der Waals surface area contributed by atoms with Gasteiger partial charge in [-0.25, -0.2) is 8.42 Å². The molecular weight excluding hydrogens is 252 g/mol. The molecular formula is C12H26N2O3S. The number of hydrogen-bond acceptors (Lipinski definition) is 3. The molecule has 1 unspecified atom stereocenters. The minimum Gasteiger partial charge on any atom is -0.355 e. The van der Waals surface area contributed by atoms with Gasteiger partial charge in [-0.15, -0.1) is 0 Å². The summed E-state index contributed by atoms with van der Waals surface area (Å²) in [6, 6.07) is -0.151. The van der Waals surface area contributed by atoms with Crippen LogP contribution in [0.4, 0.5) is 0 Å². The van der Waals surface area contributed by atoms with Crippen LogP contribution in [0.2, 0.25) is 0 Å². The summed E-state index contributed by atoms with van der Waals surface area (Å²) in [7, 11) is -3.33. The van der Waals surface area contributed by atoms with Gasteiger partial charge in [0.05, 0.1) is 12.8 Å². The van der Waals surface area contributed by atoms with E-state index in [9.17, 15) is 13.2 Å². The van der Waals surface area contributed by atoms with Crippen LogP contribution in [0.1, 0.15) is 46.5 Å². The van der Waals surface area contributed by atoms with E-state index in [0.717, 1.165) is 25.5 Å². The zero-order chi connectivity index (χ0) is 14.2. The smallest absolute Gasteiger partial charge is 0.235 e. The van der Waals surface area contributed by atoms with Crippen LogP contribution in [-0.2, 0) is 14.8 Å². The van der Waals surface area contributed by atoms with Crippen molar-refractivity contribution in [1.82, 2.24) is 9.62 Å². The van der Waals surface area contributed by atoms with Crippen molar-refractivity contribution in [3.8, 4) is 0 Å². The highest BCUT2D eigenvalue weighted by Crippen LogP contribution is 2.08. The van der Waals surface area contributed by atoms with Gasteiger partial charge in [-0.3, -0.25) is 4.79 Å². The van der Waals surface area contributed by atoms with Crippen LogP contribution >= 0.6 is 0 Å². The van der Waals surface area contributed by atoms with Gasteiger partial charge in [0.15, 0.2) is 0 Å². The molecule has 0 aromatic rings. The second kappa shape index (κ2) is 8.48. The fourth-order valence-electron chi connectivity index (χ4n) is 1.60. The Bertz CT molecular complexity index is 341. The number of carbonyl (C=O) groups is 1. The molecule has 0 aliphatic heterocycles. The Balaban J connectivity index is 4.29. The largest absolute Gasteiger partial charge is 0.355 e. The van der Waals surface area contributed by atoms with Gasteiger partial charge in [-0.05, 0) is 19.8 Å². The normalized spacial score (nSPS) is 13.6. The molecule has 1 N–H and O–H groups in total. The van der Waals surface area contributed by atoms with Crippen LogP contribution in [0.3, 0.4) is 0 Å². The summed E-state index contributed by atoms with van der Waals surface area (Å²) in [5, 5.41) is 2.75. The van der Waals surface area contributed by atoms with E-state index in [1.165, 1.54) is 4.31 Å². The number of nitrogens with zero attached hydrogens (tertiary/aromatic N) is 1. The third-order valence-corrected chi connectivity index (χ3v) is 4.25. The fourth-order valence-corrected chi connectivity index (χ4v) is 2.76. The zero-order valence-corrected chi connectivity index (χ0v) is 12.7. The molecule has 0 heterocycles. The average Bonchev–Trinajstić information content (AvgIpc) is 2.29. The highest BCUT2D eigenvalue weighted by atomic mass is 32.2. The van der Waals surface area contributed by atoms with Crippen molar-refractivity contribution >= 4 is 15.9 Å². The van der Waals surface area contributed by atoms with Crippen LogP contribution < -0.4 is 5.32 Å². The molecule has 0 radical (unpaired) electrons. The van der Waals surface area contributed by atoms with Crippen molar-refractivity contribution in [2.75, 3.05) is 19.3 Å². The lowest BCUT2D eigenvalue weighted by Gasteiger charge is -2.25. The molecule has 18 heavy (non-hydrogen) atoms. The van der Waals surface area contributed by atoms with E-state index >= 15 is 0 Å². The number of carbonyl (C=O) groups excluding carboxylic acids is 1. The Morgan fingerprint density at radius 2 is 1.89 bits per heavy atom. The molecule has 0 rings (SSSR count). The number of sulfonamides is 1. The second-order valence-corrected chi connectivity index (χ2v) is 6.56. The summed E-state index contributed by atoms with van der Waals surface area (Å²) in [6.07, 6.45) is 4.93. The standard InChI is InChI=1S/C12H26N2O3S/c1-5-7-8-9-13-12(15)10-14(11(3)6-2)18(4,16)17/h11H,5-10H2,1-4H3,(H,13,15). The molecule has 0 aromatic carbocycles. The lowest BCUT2D eigenvalue weighted by Crippen LogP contribution is -2.44. The monoisotopic (exact) mass is 278 g/mol. The van der Waals surface area contributed by atoms with Crippen LogP contribution in [0.5, 0.6) is 0 Å². The van der Waals surface area contributed by atoms with Crippen molar-refractivity contribution < 1.29 is 13.2 Å². The van der Waals surface area contributed by atoms with E-state index in [-0.39, 0.29) is 18.5 Å². The summed E-state index contributed by atoms with van der Waals surface area (Å²) in [4.78, 5) is 11.7. The molecule has 0 aliphatic rings. The predicted molar refractivity (Wildman–Crippen MR) is 73.8 cm³/mol. The highest BCUT2D eigenvalue weighted by Gasteiger charge is 2.24. The fraction of sp³-hybridized carbons (Fsp3) is 0.917. The lowest BCUT2D eigenvalue weighted by atomic mass is 10.2. The first-order valence-corrected chi connectivity index (χ1v) is 8.41. The SMILES string of the molecule is CCCCCNC(=O)CN(C(C)CC)S(C)(=O)=O. The van der Waals surface area contributed by atoms with Gasteiger partial charge in [0.2, 0.25) is 15.9 Å². The number of rotatable bonds is 9. The molecule has 0 spiro atoms. The van der Waals surface area contributed by atoms with Gasteiger partial charge in [0.25, 0.3) is 0 Å². The topological polar surface area (TPSA) is 66.5 Å². The maximum Gasteiger partial charge on any atom is 0.235 e. The van der Waals surface area contributed by atoms with Crippen molar-refractivity contribution in [3.63, 3.8) is 0 Å². The third kappa shape index (κ3) is 6.96. The Hall–Kier alpha value is -0.620. The Labute approximate surface area is 111 Å². The molecule has 0 aromatic heterocycles. The minimum atomic E-state index is -3.33. The lowest BCUT2D eigenvalue weighted by molar-refractivity contribution is -0.121. The predicted octanol–water partition coefficient (Wildman–Crippen LogP) is 1.35. The minimum absolute atomic E-state index is 0.0834. The van der Waals surface area contributed by atoms with Gasteiger partial charge in [-0.2, -0.15) is 4.31 Å². The molecule has 0 saturated heterocycles. The van der Waals surface area contributed by atoms with Crippen LogP contribution in [-0.4, -0.2) is 44.0 Å². The number of amides is 1. The van der Waals surface area contributed by atoms with Crippen LogP contribution in [0, 0.1) is 0 Å². The molecule has 6 heteroatoms. The first-order valence-electron chi connectivity index (χ1n) is 6.56. The first kappa shape index (κ1) is 17.4. The molecule has 1 atom stereocenters. The molecule has 108 valence electrons. The summed E-state index contributed by atoms with van der Waals surface area (Å²) in [6.45, 7) is 6.34. The zero-order valence-electron chi connectivity index (χ0n) is 11.9. The average molecular weight is 278 g/mol. The third-order valence-electron chi connectivity index (χ3n) is 2.91. The van der Waals surface area contributed by atoms with Crippen molar-refractivity contribution in [2.24, 2.45) is 0 Å². The molecule has 0 aliphatic carbocycles. The maximum absolute atomic E-state index is 11.7. The van der Waals surface area contributed by atoms with Gasteiger partial charge < -0.3 is 5.32 Å². The van der Waals surface area contributed by atoms with Crippen LogP contribution in [0.15, 0.2) is 0 Å². The second-order valence-electron chi connectivity index (χ2n) is 4.62. The van der Waals surface area contributed by atoms with Crippen LogP contribution in [0.25, 0.3) is 0 Å². The molecule has 0 bridgehead atoms. The molecule has 5 nitrogen and oxygen atoms in total. The van der Waals surface area contributed by atoms with E-state index in [0.29, 0.717) is 13.0 Å². The molecule has 0 fully saturated rings. The van der Waals surface area contributed by atoms with Gasteiger partial charge in [0.1, 0.15) is 0 Å². The molecule has 1 amide bonds. The van der Waals surface area contributed by atoms with Gasteiger partial charge in [-0.1, -0.05) is 26.7 Å². The Morgan fingerprint density at radius 3 is 2.33 bits per heavy atom. The number of nitrogens with one attached hydrogen (secondary N) is 1. The number of hydrogen-bond donors (Lipinski definition) is 1. The van der Waals surface area contributed by atoms with E-state index < -0.39 is 10.0 Å². The van der Waals surface area contributed by atoms with E-state index in [4.69, 9.17) is 0 Å². The van der Waals surface area contributed by atoms with Crippen molar-refractivity contribution in [1.29, 1.82) is 0 Å². The quantitative estimate of drug-likeness (QED) is 0.647. The number of unbranched alkanes of at least 4 members (excludes halogenated alkanes) is 2. The summed E-state index contributed by atoms with van der Waals surface area (Å²) in [5.74, 6) is -0.225. The Morgan fingerprint density at radius 1 is 1.28 bits per heavy atom. The van der Waals surface area contributed by atoms with Gasteiger partial charge in [0, 0.05) is 12.6 Å². The van der Waals surface area contributed by atoms with Crippen molar-refractivity contribution in [2.45, 2.75) is 52.5 Å². The maximum atomic E-state index is 11.7. The summed E-state index contributed by atoms with van der Waals surface area (Å²) >= 11 is 0. The van der Waals surface area contributed by atoms with Gasteiger partial charge >= 0.3 is 0 Å². The summed E-state index contributed by atoms with van der Waals surface area (Å²) < 4.78 is 24.4. The van der Waals surface area contributed by atoms with E-state index in [2.05, 4.69) is 12.2 Å². The van der Waals surface area contributed by atoms with Crippen molar-refractivity contribution in [3.05, 3.63) is 0 Å². The first-order chi connectivity index (χ1) is 8.32. The summed E-state index contributed by atoms with van der Waals surface area (Å²) in [5.41, 5.74) is 0. The van der Waals surface area contributed by atoms with E-state index in [1.807, 2.05) is 13.8 Å². The van der Waals surface area contributed by atoms with E-state index in [1.54, 1.807) is 0 Å².